The molecule has 2 aromatic rings. The number of imidazole rings is 1. The van der Waals surface area contributed by atoms with Gasteiger partial charge in [0.2, 0.25) is 5.95 Å². The summed E-state index contributed by atoms with van der Waals surface area (Å²) in [6.45, 7) is -0.597. The molecule has 0 bridgehead atoms. The van der Waals surface area contributed by atoms with E-state index in [1.165, 1.54) is 6.33 Å². The van der Waals surface area contributed by atoms with Crippen LogP contribution in [0.3, 0.4) is 0 Å². The highest BCUT2D eigenvalue weighted by molar-refractivity contribution is 6.33. The quantitative estimate of drug-likeness (QED) is 0.529. The van der Waals surface area contributed by atoms with Crippen LogP contribution < -0.4 is 5.73 Å². The number of hydrogen-bond acceptors (Lipinski definition) is 7. The highest BCUT2D eigenvalue weighted by Gasteiger charge is 2.57. The molecule has 0 radical (unpaired) electrons. The molecule has 8 nitrogen and oxygen atoms in total. The summed E-state index contributed by atoms with van der Waals surface area (Å²) < 4.78 is 20.9. The number of aliphatic hydroxyl groups is 2. The second-order valence-electron chi connectivity index (χ2n) is 4.53. The molecule has 1 fully saturated rings. The molecule has 2 aromatic heterocycles. The lowest BCUT2D eigenvalue weighted by atomic mass is 10.1. The van der Waals surface area contributed by atoms with Gasteiger partial charge in [-0.3, -0.25) is 4.57 Å². The van der Waals surface area contributed by atoms with E-state index in [0.29, 0.717) is 0 Å². The Morgan fingerprint density at radius 3 is 2.86 bits per heavy atom. The fraction of sp³-hybridized carbons (Fsp3) is 0.500. The average Bonchev–Trinajstić information content (AvgIpc) is 2.91. The zero-order valence-corrected chi connectivity index (χ0v) is 11.8. The SMILES string of the molecule is Nc1nc(Cl)c2ncn([C@@H]3O[C@H](CO)[C@@H](O)[C@]3(F)Cl)c2n1. The van der Waals surface area contributed by atoms with Crippen molar-refractivity contribution in [1.29, 1.82) is 0 Å². The largest absolute Gasteiger partial charge is 0.394 e. The van der Waals surface area contributed by atoms with Gasteiger partial charge in [-0.2, -0.15) is 9.97 Å². The second kappa shape index (κ2) is 4.89. The van der Waals surface area contributed by atoms with Crippen LogP contribution in [0, 0.1) is 0 Å². The van der Waals surface area contributed by atoms with Crippen molar-refractivity contribution in [1.82, 2.24) is 19.5 Å². The van der Waals surface area contributed by atoms with Crippen molar-refractivity contribution >= 4 is 40.3 Å². The highest BCUT2D eigenvalue weighted by atomic mass is 35.5. The molecule has 0 saturated carbocycles. The van der Waals surface area contributed by atoms with E-state index in [1.54, 1.807) is 0 Å². The topological polar surface area (TPSA) is 119 Å². The van der Waals surface area contributed by atoms with E-state index >= 15 is 0 Å². The molecule has 0 aromatic carbocycles. The second-order valence-corrected chi connectivity index (χ2v) is 5.46. The van der Waals surface area contributed by atoms with Gasteiger partial charge in [0.25, 0.3) is 5.13 Å². The lowest BCUT2D eigenvalue weighted by Gasteiger charge is -2.22. The van der Waals surface area contributed by atoms with E-state index in [2.05, 4.69) is 15.0 Å². The van der Waals surface area contributed by atoms with Crippen molar-refractivity contribution in [3.63, 3.8) is 0 Å². The van der Waals surface area contributed by atoms with Gasteiger partial charge in [-0.1, -0.05) is 23.2 Å². The maximum atomic E-state index is 14.5. The molecule has 3 rings (SSSR count). The van der Waals surface area contributed by atoms with Gasteiger partial charge in [-0.15, -0.1) is 0 Å². The van der Waals surface area contributed by atoms with E-state index in [-0.39, 0.29) is 22.3 Å². The summed E-state index contributed by atoms with van der Waals surface area (Å²) in [5.41, 5.74) is 5.78. The molecule has 1 aliphatic heterocycles. The molecule has 0 amide bonds. The first-order valence-corrected chi connectivity index (χ1v) is 6.59. The third-order valence-electron chi connectivity index (χ3n) is 3.21. The number of nitrogens with zero attached hydrogens (tertiary/aromatic N) is 4. The maximum absolute atomic E-state index is 14.5. The molecule has 0 unspecified atom stereocenters. The van der Waals surface area contributed by atoms with Gasteiger partial charge < -0.3 is 20.7 Å². The molecule has 114 valence electrons. The summed E-state index contributed by atoms with van der Waals surface area (Å²) in [7, 11) is 0. The Morgan fingerprint density at radius 2 is 2.24 bits per heavy atom. The standard InChI is InChI=1S/C10H10Cl2FN5O3/c11-6-4-7(17-9(14)16-6)18(2-15-4)8-10(12,13)5(20)3(1-19)21-8/h2-3,5,8,19-20H,1H2,(H2,14,16,17)/t3-,5-,8-,10-/m1/s1. The lowest BCUT2D eigenvalue weighted by molar-refractivity contribution is -0.0482. The van der Waals surface area contributed by atoms with E-state index in [1.807, 2.05) is 0 Å². The monoisotopic (exact) mass is 337 g/mol. The summed E-state index contributed by atoms with van der Waals surface area (Å²) in [5.74, 6) is -0.134. The predicted molar refractivity (Wildman–Crippen MR) is 71.4 cm³/mol. The molecule has 1 aliphatic rings. The number of aliphatic hydroxyl groups excluding tert-OH is 2. The summed E-state index contributed by atoms with van der Waals surface area (Å²) in [6, 6.07) is 0. The van der Waals surface area contributed by atoms with Crippen molar-refractivity contribution in [3.05, 3.63) is 11.5 Å². The molecule has 0 spiro atoms. The van der Waals surface area contributed by atoms with Crippen LogP contribution in [0.5, 0.6) is 0 Å². The van der Waals surface area contributed by atoms with Crippen LogP contribution in [0.2, 0.25) is 5.15 Å². The summed E-state index contributed by atoms with van der Waals surface area (Å²) in [6.07, 6.45) is -3.16. The first-order chi connectivity index (χ1) is 9.86. The van der Waals surface area contributed by atoms with Crippen LogP contribution >= 0.6 is 23.2 Å². The summed E-state index contributed by atoms with van der Waals surface area (Å²) in [5, 5.41) is 16.2. The number of ether oxygens (including phenoxy) is 1. The molecule has 3 heterocycles. The van der Waals surface area contributed by atoms with Gasteiger partial charge in [0, 0.05) is 0 Å². The van der Waals surface area contributed by atoms with Crippen LogP contribution in [0.4, 0.5) is 10.3 Å². The van der Waals surface area contributed by atoms with Gasteiger partial charge in [-0.25, -0.2) is 9.37 Å². The maximum Gasteiger partial charge on any atom is 0.256 e. The Balaban J connectivity index is 2.13. The number of rotatable bonds is 2. The Labute approximate surface area is 127 Å². The van der Waals surface area contributed by atoms with Crippen molar-refractivity contribution in [3.8, 4) is 0 Å². The van der Waals surface area contributed by atoms with E-state index in [0.717, 1.165) is 4.57 Å². The zero-order chi connectivity index (χ0) is 15.4. The smallest absolute Gasteiger partial charge is 0.256 e. The zero-order valence-electron chi connectivity index (χ0n) is 10.3. The Kier molecular flexibility index (Phi) is 3.41. The Morgan fingerprint density at radius 1 is 1.52 bits per heavy atom. The molecule has 4 atom stereocenters. The number of fused-ring (bicyclic) bond motifs is 1. The minimum atomic E-state index is -2.67. The van der Waals surface area contributed by atoms with E-state index in [4.69, 9.17) is 38.8 Å². The molecular weight excluding hydrogens is 328 g/mol. The number of anilines is 1. The Bertz CT molecular complexity index is 697. The van der Waals surface area contributed by atoms with Gasteiger partial charge in [0.1, 0.15) is 17.7 Å². The van der Waals surface area contributed by atoms with E-state index in [9.17, 15) is 9.50 Å². The summed E-state index contributed by atoms with van der Waals surface area (Å²) in [4.78, 5) is 11.6. The van der Waals surface area contributed by atoms with Crippen LogP contribution in [0.15, 0.2) is 6.33 Å². The highest BCUT2D eigenvalue weighted by Crippen LogP contribution is 2.45. The van der Waals surface area contributed by atoms with Crippen LogP contribution in [0.25, 0.3) is 11.2 Å². The third-order valence-corrected chi connectivity index (χ3v) is 3.88. The Hall–Kier alpha value is -1.26. The van der Waals surface area contributed by atoms with Gasteiger partial charge >= 0.3 is 0 Å². The third kappa shape index (κ3) is 2.12. The number of aromatic nitrogens is 4. The average molecular weight is 338 g/mol. The minimum absolute atomic E-state index is 0.00691. The van der Waals surface area contributed by atoms with E-state index < -0.39 is 30.2 Å². The fourth-order valence-corrected chi connectivity index (χ4v) is 2.71. The molecule has 11 heteroatoms. The van der Waals surface area contributed by atoms with Gasteiger partial charge in [-0.05, 0) is 0 Å². The first-order valence-electron chi connectivity index (χ1n) is 5.84. The predicted octanol–water partition coefficient (Wildman–Crippen LogP) is 0.217. The van der Waals surface area contributed by atoms with Crippen molar-refractivity contribution < 1.29 is 19.3 Å². The number of halogens is 3. The number of nitrogens with two attached hydrogens (primary N) is 1. The fourth-order valence-electron chi connectivity index (χ4n) is 2.19. The molecule has 1 saturated heterocycles. The number of alkyl halides is 2. The van der Waals surface area contributed by atoms with Crippen LogP contribution in [0.1, 0.15) is 6.23 Å². The molecule has 4 N–H and O–H groups in total. The normalized spacial score (nSPS) is 32.9. The van der Waals surface area contributed by atoms with Crippen LogP contribution in [-0.2, 0) is 4.74 Å². The lowest BCUT2D eigenvalue weighted by Crippen LogP contribution is -2.38. The molecular formula is C10H10Cl2FN5O3. The molecule has 0 aliphatic carbocycles. The minimum Gasteiger partial charge on any atom is -0.394 e. The number of nitrogen functional groups attached to an aromatic ring is 1. The van der Waals surface area contributed by atoms with Crippen molar-refractivity contribution in [2.45, 2.75) is 23.6 Å². The van der Waals surface area contributed by atoms with Crippen molar-refractivity contribution in [2.75, 3.05) is 12.3 Å². The van der Waals surface area contributed by atoms with Crippen LogP contribution in [-0.4, -0.2) is 53.7 Å². The van der Waals surface area contributed by atoms with Crippen molar-refractivity contribution in [2.24, 2.45) is 0 Å². The van der Waals surface area contributed by atoms with Gasteiger partial charge in [0.05, 0.1) is 12.9 Å². The number of hydrogen-bond donors (Lipinski definition) is 3. The van der Waals surface area contributed by atoms with Gasteiger partial charge in [0.15, 0.2) is 17.0 Å². The summed E-state index contributed by atoms with van der Waals surface area (Å²) >= 11 is 11.6. The molecule has 21 heavy (non-hydrogen) atoms. The first kappa shape index (κ1) is 14.7.